The topological polar surface area (TPSA) is 81.1 Å². The number of benzene rings is 1. The van der Waals surface area contributed by atoms with Crippen molar-refractivity contribution >= 4 is 17.3 Å². The second-order valence-corrected chi connectivity index (χ2v) is 4.84. The number of carbonyl (C=O) groups is 1. The molecule has 1 aliphatic rings. The van der Waals surface area contributed by atoms with Gasteiger partial charge in [0.05, 0.1) is 5.56 Å². The Balaban J connectivity index is 2.02. The molecular weight excluding hydrogens is 202 g/mol. The van der Waals surface area contributed by atoms with E-state index in [2.05, 4.69) is 12.2 Å². The summed E-state index contributed by atoms with van der Waals surface area (Å²) < 4.78 is 0. The zero-order valence-electron chi connectivity index (χ0n) is 9.42. The summed E-state index contributed by atoms with van der Waals surface area (Å²) in [6, 6.07) is 4.95. The van der Waals surface area contributed by atoms with E-state index in [1.807, 2.05) is 0 Å². The number of anilines is 2. The molecule has 0 aliphatic heterocycles. The van der Waals surface area contributed by atoms with Crippen molar-refractivity contribution in [2.24, 2.45) is 5.41 Å². The van der Waals surface area contributed by atoms with Crippen LogP contribution in [0.5, 0.6) is 0 Å². The van der Waals surface area contributed by atoms with Gasteiger partial charge >= 0.3 is 0 Å². The Morgan fingerprint density at radius 3 is 2.69 bits per heavy atom. The highest BCUT2D eigenvalue weighted by molar-refractivity contribution is 5.99. The zero-order valence-corrected chi connectivity index (χ0v) is 9.42. The van der Waals surface area contributed by atoms with Crippen molar-refractivity contribution in [2.75, 3.05) is 18.0 Å². The highest BCUT2D eigenvalue weighted by atomic mass is 16.1. The summed E-state index contributed by atoms with van der Waals surface area (Å²) in [6.07, 6.45) is 2.37. The minimum absolute atomic E-state index is 0.120. The molecule has 1 aromatic rings. The van der Waals surface area contributed by atoms with Crippen LogP contribution in [0.3, 0.4) is 0 Å². The lowest BCUT2D eigenvalue weighted by molar-refractivity contribution is 0.0947. The number of hydrogen-bond donors (Lipinski definition) is 3. The maximum atomic E-state index is 11.8. The first kappa shape index (κ1) is 10.8. The number of amides is 1. The van der Waals surface area contributed by atoms with E-state index in [9.17, 15) is 4.79 Å². The fourth-order valence-corrected chi connectivity index (χ4v) is 1.57. The van der Waals surface area contributed by atoms with Gasteiger partial charge in [-0.2, -0.15) is 0 Å². The van der Waals surface area contributed by atoms with Crippen molar-refractivity contribution in [3.05, 3.63) is 23.8 Å². The first-order valence-electron chi connectivity index (χ1n) is 5.43. The van der Waals surface area contributed by atoms with Crippen LogP contribution in [0.2, 0.25) is 0 Å². The van der Waals surface area contributed by atoms with Gasteiger partial charge in [-0.05, 0) is 36.5 Å². The smallest absolute Gasteiger partial charge is 0.253 e. The van der Waals surface area contributed by atoms with Crippen LogP contribution in [0.15, 0.2) is 18.2 Å². The average molecular weight is 219 g/mol. The lowest BCUT2D eigenvalue weighted by Crippen LogP contribution is -2.29. The molecular formula is C12H17N3O. The Morgan fingerprint density at radius 1 is 1.44 bits per heavy atom. The van der Waals surface area contributed by atoms with Crippen LogP contribution < -0.4 is 16.8 Å². The third-order valence-corrected chi connectivity index (χ3v) is 3.10. The molecule has 1 fully saturated rings. The van der Waals surface area contributed by atoms with Crippen LogP contribution >= 0.6 is 0 Å². The van der Waals surface area contributed by atoms with Crippen LogP contribution in [0.1, 0.15) is 30.1 Å². The number of carbonyl (C=O) groups excluding carboxylic acids is 1. The quantitative estimate of drug-likeness (QED) is 0.672. The SMILES string of the molecule is CC1(CNC(=O)c2ccc(N)cc2N)CC1. The molecule has 0 unspecified atom stereocenters. The maximum Gasteiger partial charge on any atom is 0.253 e. The molecule has 4 nitrogen and oxygen atoms in total. The summed E-state index contributed by atoms with van der Waals surface area (Å²) in [5, 5.41) is 2.90. The Kier molecular flexibility index (Phi) is 2.50. The van der Waals surface area contributed by atoms with E-state index >= 15 is 0 Å². The van der Waals surface area contributed by atoms with Crippen LogP contribution in [-0.2, 0) is 0 Å². The lowest BCUT2D eigenvalue weighted by atomic mass is 10.1. The van der Waals surface area contributed by atoms with Crippen molar-refractivity contribution in [1.82, 2.24) is 5.32 Å². The van der Waals surface area contributed by atoms with Gasteiger partial charge in [-0.25, -0.2) is 0 Å². The van der Waals surface area contributed by atoms with Gasteiger partial charge in [-0.1, -0.05) is 6.92 Å². The van der Waals surface area contributed by atoms with Crippen LogP contribution in [-0.4, -0.2) is 12.5 Å². The maximum absolute atomic E-state index is 11.8. The molecule has 1 aromatic carbocycles. The monoisotopic (exact) mass is 219 g/mol. The van der Waals surface area contributed by atoms with Crippen molar-refractivity contribution in [1.29, 1.82) is 0 Å². The van der Waals surface area contributed by atoms with Crippen molar-refractivity contribution in [3.8, 4) is 0 Å². The summed E-state index contributed by atoms with van der Waals surface area (Å²) in [6.45, 7) is 2.88. The molecule has 1 aliphatic carbocycles. The van der Waals surface area contributed by atoms with E-state index in [0.717, 1.165) is 6.54 Å². The Labute approximate surface area is 95.0 Å². The molecule has 0 atom stereocenters. The minimum Gasteiger partial charge on any atom is -0.399 e. The highest BCUT2D eigenvalue weighted by Crippen LogP contribution is 2.44. The Morgan fingerprint density at radius 2 is 2.12 bits per heavy atom. The van der Waals surface area contributed by atoms with Gasteiger partial charge in [-0.3, -0.25) is 4.79 Å². The predicted octanol–water partition coefficient (Wildman–Crippen LogP) is 1.38. The van der Waals surface area contributed by atoms with Gasteiger partial charge in [-0.15, -0.1) is 0 Å². The van der Waals surface area contributed by atoms with Gasteiger partial charge in [0.25, 0.3) is 5.91 Å². The van der Waals surface area contributed by atoms with Crippen molar-refractivity contribution in [3.63, 3.8) is 0 Å². The van der Waals surface area contributed by atoms with Crippen LogP contribution in [0.25, 0.3) is 0 Å². The summed E-state index contributed by atoms with van der Waals surface area (Å²) in [5.74, 6) is -0.120. The molecule has 1 amide bonds. The number of nitrogen functional groups attached to an aromatic ring is 2. The fraction of sp³-hybridized carbons (Fsp3) is 0.417. The molecule has 0 saturated heterocycles. The van der Waals surface area contributed by atoms with Gasteiger partial charge in [0, 0.05) is 17.9 Å². The van der Waals surface area contributed by atoms with Gasteiger partial charge < -0.3 is 16.8 Å². The summed E-state index contributed by atoms with van der Waals surface area (Å²) in [7, 11) is 0. The molecule has 0 heterocycles. The summed E-state index contributed by atoms with van der Waals surface area (Å²) >= 11 is 0. The van der Waals surface area contributed by atoms with Gasteiger partial charge in [0.1, 0.15) is 0 Å². The largest absolute Gasteiger partial charge is 0.399 e. The van der Waals surface area contributed by atoms with Crippen LogP contribution in [0, 0.1) is 5.41 Å². The van der Waals surface area contributed by atoms with Gasteiger partial charge in [0.15, 0.2) is 0 Å². The Bertz CT molecular complexity index is 424. The molecule has 0 spiro atoms. The molecule has 1 saturated carbocycles. The van der Waals surface area contributed by atoms with E-state index in [-0.39, 0.29) is 5.91 Å². The van der Waals surface area contributed by atoms with E-state index in [1.165, 1.54) is 12.8 Å². The highest BCUT2D eigenvalue weighted by Gasteiger charge is 2.37. The van der Waals surface area contributed by atoms with Crippen molar-refractivity contribution in [2.45, 2.75) is 19.8 Å². The number of nitrogens with one attached hydrogen (secondary N) is 1. The third kappa shape index (κ3) is 2.27. The third-order valence-electron chi connectivity index (χ3n) is 3.10. The predicted molar refractivity (Wildman–Crippen MR) is 64.9 cm³/mol. The average Bonchev–Trinajstić information content (AvgIpc) is 2.94. The molecule has 2 rings (SSSR count). The Hall–Kier alpha value is -1.71. The normalized spacial score (nSPS) is 16.8. The summed E-state index contributed by atoms with van der Waals surface area (Å²) in [4.78, 5) is 11.8. The zero-order chi connectivity index (χ0) is 11.8. The van der Waals surface area contributed by atoms with E-state index < -0.39 is 0 Å². The molecule has 0 bridgehead atoms. The molecule has 86 valence electrons. The van der Waals surface area contributed by atoms with E-state index in [4.69, 9.17) is 11.5 Å². The fourth-order valence-electron chi connectivity index (χ4n) is 1.57. The first-order chi connectivity index (χ1) is 7.50. The first-order valence-corrected chi connectivity index (χ1v) is 5.43. The minimum atomic E-state index is -0.120. The number of rotatable bonds is 3. The van der Waals surface area contributed by atoms with Crippen LogP contribution in [0.4, 0.5) is 11.4 Å². The second-order valence-electron chi connectivity index (χ2n) is 4.84. The molecule has 5 N–H and O–H groups in total. The second kappa shape index (κ2) is 3.70. The summed E-state index contributed by atoms with van der Waals surface area (Å²) in [5.41, 5.74) is 13.1. The van der Waals surface area contributed by atoms with E-state index in [0.29, 0.717) is 22.4 Å². The molecule has 0 aromatic heterocycles. The van der Waals surface area contributed by atoms with Gasteiger partial charge in [0.2, 0.25) is 0 Å². The number of hydrogen-bond acceptors (Lipinski definition) is 3. The standard InChI is InChI=1S/C12H17N3O/c1-12(4-5-12)7-15-11(16)9-3-2-8(13)6-10(9)14/h2-3,6H,4-5,7,13-14H2,1H3,(H,15,16). The molecule has 0 radical (unpaired) electrons. The molecule has 4 heteroatoms. The number of nitrogens with two attached hydrogens (primary N) is 2. The lowest BCUT2D eigenvalue weighted by Gasteiger charge is -2.11. The van der Waals surface area contributed by atoms with E-state index in [1.54, 1.807) is 18.2 Å². The molecule has 16 heavy (non-hydrogen) atoms. The van der Waals surface area contributed by atoms with Crippen molar-refractivity contribution < 1.29 is 4.79 Å².